The third-order valence-corrected chi connectivity index (χ3v) is 0.957. The van der Waals surface area contributed by atoms with E-state index >= 15 is 0 Å². The van der Waals surface area contributed by atoms with Crippen LogP contribution in [0.2, 0.25) is 0 Å². The Labute approximate surface area is 99.9 Å². The van der Waals surface area contributed by atoms with Crippen LogP contribution in [0.25, 0.3) is 0 Å². The number of rotatable bonds is 2. The molecule has 0 heteroatoms. The van der Waals surface area contributed by atoms with Crippen LogP contribution >= 0.6 is 0 Å². The van der Waals surface area contributed by atoms with Crippen molar-refractivity contribution < 1.29 is 0 Å². The zero-order valence-electron chi connectivity index (χ0n) is 12.5. The third kappa shape index (κ3) is 277. The summed E-state index contributed by atoms with van der Waals surface area (Å²) in [7, 11) is 0. The van der Waals surface area contributed by atoms with Gasteiger partial charge in [0.05, 0.1) is 0 Å². The lowest BCUT2D eigenvalue weighted by atomic mass is 10.3. The van der Waals surface area contributed by atoms with E-state index in [4.69, 9.17) is 0 Å². The summed E-state index contributed by atoms with van der Waals surface area (Å²) in [5, 5.41) is 0. The molecule has 0 saturated carbocycles. The van der Waals surface area contributed by atoms with Gasteiger partial charge in [0.1, 0.15) is 0 Å². The van der Waals surface area contributed by atoms with Gasteiger partial charge < -0.3 is 0 Å². The molecule has 0 aromatic carbocycles. The van der Waals surface area contributed by atoms with Crippen molar-refractivity contribution in [2.45, 2.75) is 87.5 Å². The summed E-state index contributed by atoms with van der Waals surface area (Å²) in [6.07, 6.45) is 6.58. The molecule has 0 unspecified atom stereocenters. The molecule has 0 heterocycles. The van der Waals surface area contributed by atoms with Gasteiger partial charge in [0.25, 0.3) is 0 Å². The van der Waals surface area contributed by atoms with Gasteiger partial charge >= 0.3 is 0 Å². The molecule has 0 N–H and O–H groups in total. The topological polar surface area (TPSA) is 0 Å². The number of hydrogen-bond donors (Lipinski definition) is 0. The fourth-order valence-corrected chi connectivity index (χ4v) is 0.354. The zero-order valence-corrected chi connectivity index (χ0v) is 12.5. The van der Waals surface area contributed by atoms with E-state index in [2.05, 4.69) is 53.4 Å². The highest BCUT2D eigenvalue weighted by Crippen LogP contribution is 1.88. The minimum atomic E-state index is 1.25. The molecule has 0 nitrogen and oxygen atoms in total. The molecule has 0 spiro atoms. The van der Waals surface area contributed by atoms with E-state index in [9.17, 15) is 0 Å². The SMILES string of the molecule is CC#CC.CCC.CCC.CCCCC. The van der Waals surface area contributed by atoms with Gasteiger partial charge in [-0.2, -0.15) is 0 Å². The quantitative estimate of drug-likeness (QED) is 0.490. The van der Waals surface area contributed by atoms with Crippen molar-refractivity contribution in [2.24, 2.45) is 0 Å². The fourth-order valence-electron chi connectivity index (χ4n) is 0.354. The van der Waals surface area contributed by atoms with Crippen molar-refractivity contribution in [1.29, 1.82) is 0 Å². The predicted molar refractivity (Wildman–Crippen MR) is 76.3 cm³/mol. The van der Waals surface area contributed by atoms with E-state index < -0.39 is 0 Å². The third-order valence-electron chi connectivity index (χ3n) is 0.957. The maximum Gasteiger partial charge on any atom is -0.00271 e. The van der Waals surface area contributed by atoms with Gasteiger partial charge in [-0.3, -0.25) is 0 Å². The summed E-state index contributed by atoms with van der Waals surface area (Å²) >= 11 is 0. The van der Waals surface area contributed by atoms with Crippen LogP contribution in [0.1, 0.15) is 87.5 Å². The fraction of sp³-hybridized carbons (Fsp3) is 0.867. The molecule has 0 fully saturated rings. The molecule has 0 amide bonds. The summed E-state index contributed by atoms with van der Waals surface area (Å²) < 4.78 is 0. The Morgan fingerprint density at radius 3 is 0.800 bits per heavy atom. The van der Waals surface area contributed by atoms with Crippen molar-refractivity contribution in [3.05, 3.63) is 0 Å². The second-order valence-corrected chi connectivity index (χ2v) is 3.27. The standard InChI is InChI=1S/C5H12.C4H6.2C3H8/c1-3-5-4-2;1-3-4-2;2*1-3-2/h3-5H2,1-2H3;1-2H3;2*3H2,1-2H3. The summed E-state index contributed by atoms with van der Waals surface area (Å²) in [6.45, 7) is 16.6. The lowest BCUT2D eigenvalue weighted by Gasteiger charge is -1.79. The van der Waals surface area contributed by atoms with E-state index in [1.165, 1.54) is 32.1 Å². The first-order chi connectivity index (χ1) is 7.16. The van der Waals surface area contributed by atoms with Crippen molar-refractivity contribution in [3.63, 3.8) is 0 Å². The van der Waals surface area contributed by atoms with Crippen molar-refractivity contribution in [2.75, 3.05) is 0 Å². The molecular formula is C15H34. The van der Waals surface area contributed by atoms with Gasteiger partial charge in [-0.25, -0.2) is 0 Å². The van der Waals surface area contributed by atoms with E-state index in [0.717, 1.165) is 0 Å². The first-order valence-electron chi connectivity index (χ1n) is 6.49. The smallest absolute Gasteiger partial charge is 0.00271 e. The molecule has 0 aromatic rings. The van der Waals surface area contributed by atoms with Gasteiger partial charge in [0.15, 0.2) is 0 Å². The highest BCUT2D eigenvalue weighted by Gasteiger charge is 1.68. The van der Waals surface area contributed by atoms with Gasteiger partial charge in [0.2, 0.25) is 0 Å². The molecular weight excluding hydrogens is 180 g/mol. The van der Waals surface area contributed by atoms with Crippen LogP contribution in [0.5, 0.6) is 0 Å². The van der Waals surface area contributed by atoms with E-state index in [0.29, 0.717) is 0 Å². The monoisotopic (exact) mass is 214 g/mol. The van der Waals surface area contributed by atoms with Crippen LogP contribution in [0.4, 0.5) is 0 Å². The Bertz CT molecular complexity index is 82.3. The lowest BCUT2D eigenvalue weighted by molar-refractivity contribution is 0.772. The first kappa shape index (κ1) is 24.0. The molecule has 0 rings (SSSR count). The minimum absolute atomic E-state index is 1.25. The van der Waals surface area contributed by atoms with Gasteiger partial charge in [-0.05, 0) is 13.8 Å². The van der Waals surface area contributed by atoms with Gasteiger partial charge in [0, 0.05) is 0 Å². The highest BCUT2D eigenvalue weighted by molar-refractivity contribution is 4.89. The Balaban J connectivity index is -0.0000000553. The normalized spacial score (nSPS) is 6.13. The zero-order chi connectivity index (χ0) is 12.9. The number of unbranched alkanes of at least 4 members (excludes halogenated alkanes) is 2. The van der Waals surface area contributed by atoms with Gasteiger partial charge in [-0.15, -0.1) is 11.8 Å². The first-order valence-corrected chi connectivity index (χ1v) is 6.49. The molecule has 0 saturated heterocycles. The van der Waals surface area contributed by atoms with Crippen LogP contribution in [0.15, 0.2) is 0 Å². The Kier molecular flexibility index (Phi) is 79.6. The summed E-state index contributed by atoms with van der Waals surface area (Å²) in [5.41, 5.74) is 0. The molecule has 0 aromatic heterocycles. The molecule has 15 heavy (non-hydrogen) atoms. The van der Waals surface area contributed by atoms with Crippen LogP contribution < -0.4 is 0 Å². The van der Waals surface area contributed by atoms with Crippen LogP contribution in [-0.2, 0) is 0 Å². The second-order valence-electron chi connectivity index (χ2n) is 3.27. The van der Waals surface area contributed by atoms with Crippen molar-refractivity contribution in [1.82, 2.24) is 0 Å². The Morgan fingerprint density at radius 1 is 0.600 bits per heavy atom. The van der Waals surface area contributed by atoms with Crippen LogP contribution in [0, 0.1) is 11.8 Å². The average Bonchev–Trinajstić information content (AvgIpc) is 2.22. The molecule has 0 atom stereocenters. The minimum Gasteiger partial charge on any atom is -0.107 e. The maximum atomic E-state index is 2.68. The summed E-state index contributed by atoms with van der Waals surface area (Å²) in [4.78, 5) is 0. The predicted octanol–water partition coefficient (Wildman–Crippen LogP) is 6.06. The van der Waals surface area contributed by atoms with Crippen molar-refractivity contribution in [3.8, 4) is 11.8 Å². The molecule has 0 aliphatic carbocycles. The van der Waals surface area contributed by atoms with Crippen LogP contribution in [-0.4, -0.2) is 0 Å². The molecule has 94 valence electrons. The highest BCUT2D eigenvalue weighted by atomic mass is 13.7. The van der Waals surface area contributed by atoms with E-state index in [1.54, 1.807) is 0 Å². The molecule has 0 radical (unpaired) electrons. The lowest BCUT2D eigenvalue weighted by Crippen LogP contribution is -1.59. The van der Waals surface area contributed by atoms with E-state index in [1.807, 2.05) is 13.8 Å². The second kappa shape index (κ2) is 49.7. The van der Waals surface area contributed by atoms with E-state index in [-0.39, 0.29) is 0 Å². The molecule has 0 bridgehead atoms. The maximum absolute atomic E-state index is 2.68. The summed E-state index contributed by atoms with van der Waals surface area (Å²) in [6, 6.07) is 0. The Morgan fingerprint density at radius 2 is 0.800 bits per heavy atom. The molecule has 0 aliphatic rings. The van der Waals surface area contributed by atoms with Crippen molar-refractivity contribution >= 4 is 0 Å². The summed E-state index contributed by atoms with van der Waals surface area (Å²) in [5.74, 6) is 5.36. The molecule has 0 aliphatic heterocycles. The Hall–Kier alpha value is -0.440. The average molecular weight is 214 g/mol. The van der Waals surface area contributed by atoms with Crippen LogP contribution in [0.3, 0.4) is 0 Å². The van der Waals surface area contributed by atoms with Gasteiger partial charge in [-0.1, -0.05) is 73.6 Å². The number of hydrogen-bond acceptors (Lipinski definition) is 0. The largest absolute Gasteiger partial charge is 0.107 e.